The number of anilines is 2. The number of pyridine rings is 1. The van der Waals surface area contributed by atoms with Gasteiger partial charge in [-0.1, -0.05) is 24.3 Å². The molecule has 1 aliphatic heterocycles. The SMILES string of the molecule is COc1cc(N2C(=S)N[C@@H](c3ccccn3)[C@@H]2c2ccc(-c3ccccc3C(=O)O)o2)ccc1NS(C)(=O)=O. The first kappa shape index (κ1) is 26.2. The van der Waals surface area contributed by atoms with E-state index in [1.807, 2.05) is 23.1 Å². The number of sulfonamides is 1. The maximum Gasteiger partial charge on any atom is 0.336 e. The van der Waals surface area contributed by atoms with Crippen molar-refractivity contribution in [1.82, 2.24) is 10.3 Å². The summed E-state index contributed by atoms with van der Waals surface area (Å²) in [6, 6.07) is 19.8. The fraction of sp³-hybridized carbons (Fsp3) is 0.148. The molecular weight excluding hydrogens is 540 g/mol. The Bertz CT molecular complexity index is 1660. The molecule has 5 rings (SSSR count). The normalized spacial score (nSPS) is 17.1. The van der Waals surface area contributed by atoms with Crippen molar-refractivity contribution in [2.45, 2.75) is 12.1 Å². The molecule has 4 aromatic rings. The van der Waals surface area contributed by atoms with Gasteiger partial charge in [-0.3, -0.25) is 9.71 Å². The van der Waals surface area contributed by atoms with Crippen LogP contribution in [0.5, 0.6) is 5.75 Å². The third-order valence-corrected chi connectivity index (χ3v) is 7.10. The molecule has 2 aromatic carbocycles. The van der Waals surface area contributed by atoms with Gasteiger partial charge >= 0.3 is 5.97 Å². The summed E-state index contributed by atoms with van der Waals surface area (Å²) in [6.07, 6.45) is 2.75. The molecular formula is C27H24N4O6S2. The standard InChI is InChI=1S/C27H24N4O6S2/c1-36-23-15-16(10-11-19(23)30-39(2,34)35)31-25(24(29-27(31)38)20-9-5-6-14-28-20)22-13-12-21(37-22)17-7-3-4-8-18(17)26(32)33/h3-15,24-25,30H,1-2H3,(H,29,38)(H,32,33)/t24-,25-/m0/s1. The summed E-state index contributed by atoms with van der Waals surface area (Å²) in [5.74, 6) is 0.155. The van der Waals surface area contributed by atoms with Crippen LogP contribution in [0, 0.1) is 0 Å². The van der Waals surface area contributed by atoms with Crippen molar-refractivity contribution in [3.05, 3.63) is 96.0 Å². The van der Waals surface area contributed by atoms with E-state index in [1.165, 1.54) is 13.2 Å². The molecule has 1 fully saturated rings. The van der Waals surface area contributed by atoms with Crippen LogP contribution < -0.4 is 19.7 Å². The number of nitrogens with zero attached hydrogens (tertiary/aromatic N) is 2. The molecule has 0 aliphatic carbocycles. The molecule has 39 heavy (non-hydrogen) atoms. The van der Waals surface area contributed by atoms with E-state index in [9.17, 15) is 18.3 Å². The second-order valence-electron chi connectivity index (χ2n) is 8.81. The van der Waals surface area contributed by atoms with Crippen molar-refractivity contribution in [2.75, 3.05) is 23.0 Å². The minimum atomic E-state index is -3.53. The van der Waals surface area contributed by atoms with Crippen LogP contribution in [-0.2, 0) is 10.0 Å². The van der Waals surface area contributed by atoms with E-state index in [-0.39, 0.29) is 11.3 Å². The Kier molecular flexibility index (Phi) is 6.98. The molecule has 0 saturated carbocycles. The highest BCUT2D eigenvalue weighted by Gasteiger charge is 2.43. The topological polar surface area (TPSA) is 134 Å². The highest BCUT2D eigenvalue weighted by Crippen LogP contribution is 2.44. The van der Waals surface area contributed by atoms with E-state index in [0.29, 0.717) is 33.6 Å². The second kappa shape index (κ2) is 10.4. The summed E-state index contributed by atoms with van der Waals surface area (Å²) < 4.78 is 37.8. The largest absolute Gasteiger partial charge is 0.494 e. The number of carboxylic acids is 1. The lowest BCUT2D eigenvalue weighted by Crippen LogP contribution is -2.29. The van der Waals surface area contributed by atoms with Crippen LogP contribution in [0.15, 0.2) is 83.4 Å². The first-order valence-corrected chi connectivity index (χ1v) is 14.0. The van der Waals surface area contributed by atoms with Crippen LogP contribution in [0.4, 0.5) is 11.4 Å². The van der Waals surface area contributed by atoms with Gasteiger partial charge in [0, 0.05) is 23.5 Å². The summed E-state index contributed by atoms with van der Waals surface area (Å²) >= 11 is 5.75. The van der Waals surface area contributed by atoms with Crippen LogP contribution in [0.3, 0.4) is 0 Å². The molecule has 3 N–H and O–H groups in total. The van der Waals surface area contributed by atoms with Crippen molar-refractivity contribution in [3.8, 4) is 17.1 Å². The van der Waals surface area contributed by atoms with E-state index < -0.39 is 28.1 Å². The molecule has 10 nitrogen and oxygen atoms in total. The van der Waals surface area contributed by atoms with Crippen molar-refractivity contribution < 1.29 is 27.5 Å². The third kappa shape index (κ3) is 5.29. The third-order valence-electron chi connectivity index (χ3n) is 6.20. The summed E-state index contributed by atoms with van der Waals surface area (Å²) in [5.41, 5.74) is 2.19. The first-order valence-electron chi connectivity index (χ1n) is 11.7. The highest BCUT2D eigenvalue weighted by atomic mass is 32.2. The molecule has 0 spiro atoms. The number of hydrogen-bond acceptors (Lipinski definition) is 7. The van der Waals surface area contributed by atoms with E-state index in [2.05, 4.69) is 15.0 Å². The van der Waals surface area contributed by atoms with Crippen LogP contribution in [0.1, 0.15) is 33.9 Å². The lowest BCUT2D eigenvalue weighted by Gasteiger charge is -2.27. The Labute approximate surface area is 230 Å². The second-order valence-corrected chi connectivity index (χ2v) is 10.9. The zero-order valence-electron chi connectivity index (χ0n) is 20.9. The number of benzene rings is 2. The van der Waals surface area contributed by atoms with Gasteiger partial charge in [0.2, 0.25) is 10.0 Å². The molecule has 2 aromatic heterocycles. The van der Waals surface area contributed by atoms with Gasteiger partial charge in [0.25, 0.3) is 0 Å². The number of hydrogen-bond donors (Lipinski definition) is 3. The highest BCUT2D eigenvalue weighted by molar-refractivity contribution is 7.92. The Morgan fingerprint density at radius 1 is 1.13 bits per heavy atom. The minimum Gasteiger partial charge on any atom is -0.494 e. The van der Waals surface area contributed by atoms with Gasteiger partial charge in [-0.2, -0.15) is 0 Å². The summed E-state index contributed by atoms with van der Waals surface area (Å²) in [4.78, 5) is 18.2. The summed E-state index contributed by atoms with van der Waals surface area (Å²) in [6.45, 7) is 0. The van der Waals surface area contributed by atoms with Crippen molar-refractivity contribution >= 4 is 44.7 Å². The van der Waals surface area contributed by atoms with E-state index in [1.54, 1.807) is 54.7 Å². The lowest BCUT2D eigenvalue weighted by molar-refractivity contribution is 0.0697. The number of ether oxygens (including phenoxy) is 1. The Morgan fingerprint density at radius 2 is 1.90 bits per heavy atom. The number of furan rings is 1. The van der Waals surface area contributed by atoms with Gasteiger partial charge in [0.15, 0.2) is 5.11 Å². The number of aromatic nitrogens is 1. The van der Waals surface area contributed by atoms with Gasteiger partial charge < -0.3 is 24.5 Å². The van der Waals surface area contributed by atoms with Gasteiger partial charge in [-0.15, -0.1) is 0 Å². The molecule has 1 aliphatic rings. The van der Waals surface area contributed by atoms with Crippen molar-refractivity contribution in [3.63, 3.8) is 0 Å². The molecule has 3 heterocycles. The van der Waals surface area contributed by atoms with Crippen molar-refractivity contribution in [1.29, 1.82) is 0 Å². The fourth-order valence-electron chi connectivity index (χ4n) is 4.58. The van der Waals surface area contributed by atoms with E-state index in [4.69, 9.17) is 21.4 Å². The lowest BCUT2D eigenvalue weighted by atomic mass is 10.0. The average Bonchev–Trinajstić information content (AvgIpc) is 3.53. The zero-order chi connectivity index (χ0) is 27.7. The van der Waals surface area contributed by atoms with Gasteiger partial charge in [-0.25, -0.2) is 13.2 Å². The summed E-state index contributed by atoms with van der Waals surface area (Å²) in [5, 5.41) is 13.4. The minimum absolute atomic E-state index is 0.121. The Morgan fingerprint density at radius 3 is 2.59 bits per heavy atom. The van der Waals surface area contributed by atoms with Gasteiger partial charge in [0.05, 0.1) is 36.4 Å². The predicted octanol–water partition coefficient (Wildman–Crippen LogP) is 4.60. The van der Waals surface area contributed by atoms with E-state index >= 15 is 0 Å². The predicted molar refractivity (Wildman–Crippen MR) is 150 cm³/mol. The quantitative estimate of drug-likeness (QED) is 0.261. The molecule has 0 bridgehead atoms. The fourth-order valence-corrected chi connectivity index (χ4v) is 5.49. The zero-order valence-corrected chi connectivity index (χ0v) is 22.5. The summed E-state index contributed by atoms with van der Waals surface area (Å²) in [7, 11) is -2.09. The number of carboxylic acid groups (broad SMARTS) is 1. The average molecular weight is 565 g/mol. The van der Waals surface area contributed by atoms with Gasteiger partial charge in [0.1, 0.15) is 23.3 Å². The molecule has 2 atom stereocenters. The number of carbonyl (C=O) groups is 1. The van der Waals surface area contributed by atoms with Crippen molar-refractivity contribution in [2.24, 2.45) is 0 Å². The number of methoxy groups -OCH3 is 1. The van der Waals surface area contributed by atoms with E-state index in [0.717, 1.165) is 11.9 Å². The number of thiocarbonyl (C=S) groups is 1. The van der Waals surface area contributed by atoms with Crippen LogP contribution in [0.25, 0.3) is 11.3 Å². The van der Waals surface area contributed by atoms with Crippen LogP contribution >= 0.6 is 12.2 Å². The monoisotopic (exact) mass is 564 g/mol. The molecule has 200 valence electrons. The first-order chi connectivity index (χ1) is 18.7. The Hall–Kier alpha value is -4.42. The number of nitrogens with one attached hydrogen (secondary N) is 2. The van der Waals surface area contributed by atoms with Crippen LogP contribution in [-0.4, -0.2) is 43.0 Å². The Balaban J connectivity index is 1.61. The molecule has 0 amide bonds. The maximum absolute atomic E-state index is 11.8. The number of rotatable bonds is 8. The maximum atomic E-state index is 11.8. The smallest absolute Gasteiger partial charge is 0.336 e. The van der Waals surface area contributed by atoms with Crippen LogP contribution in [0.2, 0.25) is 0 Å². The molecule has 0 unspecified atom stereocenters. The molecule has 12 heteroatoms. The van der Waals surface area contributed by atoms with Gasteiger partial charge in [-0.05, 0) is 54.7 Å². The molecule has 1 saturated heterocycles. The molecule has 0 radical (unpaired) electrons. The number of aromatic carboxylic acids is 1.